The highest BCUT2D eigenvalue weighted by Crippen LogP contribution is 2.26. The van der Waals surface area contributed by atoms with Crippen molar-refractivity contribution in [2.75, 3.05) is 7.05 Å². The predicted molar refractivity (Wildman–Crippen MR) is 87.3 cm³/mol. The Kier molecular flexibility index (Phi) is 5.40. The molecule has 0 amide bonds. The van der Waals surface area contributed by atoms with Crippen LogP contribution in [0.1, 0.15) is 23.4 Å². The molecule has 0 bridgehead atoms. The van der Waals surface area contributed by atoms with Crippen molar-refractivity contribution >= 4 is 33.0 Å². The van der Waals surface area contributed by atoms with E-state index in [4.69, 9.17) is 11.6 Å². The van der Waals surface area contributed by atoms with Crippen LogP contribution in [0.15, 0.2) is 40.6 Å². The van der Waals surface area contributed by atoms with Crippen molar-refractivity contribution in [2.24, 2.45) is 0 Å². The first-order valence-corrected chi connectivity index (χ1v) is 9.17. The van der Waals surface area contributed by atoms with E-state index in [0.29, 0.717) is 6.54 Å². The van der Waals surface area contributed by atoms with Gasteiger partial charge in [0.1, 0.15) is 4.90 Å². The van der Waals surface area contributed by atoms with Crippen molar-refractivity contribution in [3.8, 4) is 0 Å². The highest BCUT2D eigenvalue weighted by atomic mass is 35.5. The second-order valence-corrected chi connectivity index (χ2v) is 7.72. The largest absolute Gasteiger partial charge is 0.316 e. The van der Waals surface area contributed by atoms with Crippen molar-refractivity contribution in [1.82, 2.24) is 10.0 Å². The topological polar surface area (TPSA) is 58.2 Å². The van der Waals surface area contributed by atoms with Crippen LogP contribution in [0, 0.1) is 0 Å². The van der Waals surface area contributed by atoms with Gasteiger partial charge in [0.25, 0.3) is 0 Å². The van der Waals surface area contributed by atoms with Gasteiger partial charge in [-0.2, -0.15) is 0 Å². The monoisotopic (exact) mass is 344 g/mol. The summed E-state index contributed by atoms with van der Waals surface area (Å²) < 4.78 is 27.7. The van der Waals surface area contributed by atoms with Crippen LogP contribution >= 0.6 is 22.9 Å². The van der Waals surface area contributed by atoms with Crippen molar-refractivity contribution in [3.63, 3.8) is 0 Å². The van der Waals surface area contributed by atoms with Crippen LogP contribution in [-0.4, -0.2) is 15.5 Å². The van der Waals surface area contributed by atoms with E-state index in [1.165, 1.54) is 11.3 Å². The van der Waals surface area contributed by atoms with Crippen LogP contribution < -0.4 is 10.0 Å². The minimum Gasteiger partial charge on any atom is -0.316 e. The molecule has 1 heterocycles. The molecule has 21 heavy (non-hydrogen) atoms. The Labute approximate surface area is 134 Å². The van der Waals surface area contributed by atoms with Gasteiger partial charge < -0.3 is 5.32 Å². The van der Waals surface area contributed by atoms with Crippen LogP contribution in [0.4, 0.5) is 0 Å². The number of halogens is 1. The first-order chi connectivity index (χ1) is 9.94. The standard InChI is InChI=1S/C14H17ClN2O2S2/c1-10(13-4-3-7-20-13)17-21(18,19)14-8-11(9-16-2)5-6-12(14)15/h3-8,10,16-17H,9H2,1-2H3. The number of hydrogen-bond donors (Lipinski definition) is 2. The van der Waals surface area contributed by atoms with E-state index in [1.807, 2.05) is 24.4 Å². The van der Waals surface area contributed by atoms with E-state index in [-0.39, 0.29) is 16.0 Å². The van der Waals surface area contributed by atoms with Crippen LogP contribution in [0.5, 0.6) is 0 Å². The molecule has 1 unspecified atom stereocenters. The first-order valence-electron chi connectivity index (χ1n) is 6.43. The lowest BCUT2D eigenvalue weighted by Gasteiger charge is -2.14. The Balaban J connectivity index is 2.28. The molecule has 0 saturated heterocycles. The summed E-state index contributed by atoms with van der Waals surface area (Å²) in [7, 11) is -1.85. The van der Waals surface area contributed by atoms with Gasteiger partial charge in [0.15, 0.2) is 0 Å². The van der Waals surface area contributed by atoms with E-state index < -0.39 is 10.0 Å². The van der Waals surface area contributed by atoms with Gasteiger partial charge in [-0.3, -0.25) is 0 Å². The van der Waals surface area contributed by atoms with Gasteiger partial charge >= 0.3 is 0 Å². The van der Waals surface area contributed by atoms with E-state index in [2.05, 4.69) is 10.0 Å². The summed E-state index contributed by atoms with van der Waals surface area (Å²) in [5.41, 5.74) is 0.867. The number of thiophene rings is 1. The molecular weight excluding hydrogens is 328 g/mol. The number of benzene rings is 1. The molecule has 0 fully saturated rings. The third kappa shape index (κ3) is 4.05. The molecule has 1 atom stereocenters. The summed E-state index contributed by atoms with van der Waals surface area (Å²) in [6.07, 6.45) is 0. The summed E-state index contributed by atoms with van der Waals surface area (Å²) in [5.74, 6) is 0. The normalized spacial score (nSPS) is 13.3. The molecule has 2 N–H and O–H groups in total. The molecule has 0 saturated carbocycles. The smallest absolute Gasteiger partial charge is 0.242 e. The van der Waals surface area contributed by atoms with E-state index in [1.54, 1.807) is 25.2 Å². The summed E-state index contributed by atoms with van der Waals surface area (Å²) in [6.45, 7) is 2.40. The molecule has 0 spiro atoms. The fourth-order valence-electron chi connectivity index (χ4n) is 1.96. The zero-order chi connectivity index (χ0) is 15.5. The third-order valence-electron chi connectivity index (χ3n) is 2.97. The fraction of sp³-hybridized carbons (Fsp3) is 0.286. The Bertz CT molecular complexity index is 700. The molecule has 2 aromatic rings. The maximum absolute atomic E-state index is 12.5. The van der Waals surface area contributed by atoms with E-state index in [9.17, 15) is 8.42 Å². The highest BCUT2D eigenvalue weighted by Gasteiger charge is 2.22. The number of rotatable bonds is 6. The van der Waals surface area contributed by atoms with Gasteiger partial charge in [-0.1, -0.05) is 23.7 Å². The van der Waals surface area contributed by atoms with Crippen molar-refractivity contribution in [1.29, 1.82) is 0 Å². The first kappa shape index (κ1) is 16.5. The maximum Gasteiger partial charge on any atom is 0.242 e. The lowest BCUT2D eigenvalue weighted by molar-refractivity contribution is 0.568. The van der Waals surface area contributed by atoms with Gasteiger partial charge in [-0.25, -0.2) is 13.1 Å². The number of nitrogens with one attached hydrogen (secondary N) is 2. The zero-order valence-corrected chi connectivity index (χ0v) is 14.1. The molecule has 2 rings (SSSR count). The second kappa shape index (κ2) is 6.89. The Morgan fingerprint density at radius 1 is 1.33 bits per heavy atom. The number of hydrogen-bond acceptors (Lipinski definition) is 4. The molecule has 7 heteroatoms. The predicted octanol–water partition coefficient (Wildman–Crippen LogP) is 3.16. The second-order valence-electron chi connectivity index (χ2n) is 4.65. The minimum atomic E-state index is -3.66. The van der Waals surface area contributed by atoms with Crippen LogP contribution in [-0.2, 0) is 16.6 Å². The highest BCUT2D eigenvalue weighted by molar-refractivity contribution is 7.89. The molecule has 1 aromatic heterocycles. The molecule has 4 nitrogen and oxygen atoms in total. The van der Waals surface area contributed by atoms with E-state index >= 15 is 0 Å². The maximum atomic E-state index is 12.5. The van der Waals surface area contributed by atoms with Gasteiger partial charge in [-0.15, -0.1) is 11.3 Å². The average Bonchev–Trinajstić information content (AvgIpc) is 2.94. The fourth-order valence-corrected chi connectivity index (χ4v) is 4.54. The minimum absolute atomic E-state index is 0.111. The molecular formula is C14H17ClN2O2S2. The summed E-state index contributed by atoms with van der Waals surface area (Å²) in [4.78, 5) is 1.07. The number of sulfonamides is 1. The molecule has 1 aromatic carbocycles. The Morgan fingerprint density at radius 3 is 2.71 bits per heavy atom. The quantitative estimate of drug-likeness (QED) is 0.846. The molecule has 0 aliphatic carbocycles. The third-order valence-corrected chi connectivity index (χ3v) is 6.05. The average molecular weight is 345 g/mol. The van der Waals surface area contributed by atoms with Gasteiger partial charge in [0.05, 0.1) is 11.1 Å². The van der Waals surface area contributed by atoms with Crippen LogP contribution in [0.25, 0.3) is 0 Å². The molecule has 114 valence electrons. The SMILES string of the molecule is CNCc1ccc(Cl)c(S(=O)(=O)NC(C)c2cccs2)c1. The van der Waals surface area contributed by atoms with Gasteiger partial charge in [-0.05, 0) is 43.1 Å². The van der Waals surface area contributed by atoms with Gasteiger partial charge in [0.2, 0.25) is 10.0 Å². The van der Waals surface area contributed by atoms with Crippen molar-refractivity contribution in [2.45, 2.75) is 24.4 Å². The molecule has 0 aliphatic rings. The lowest BCUT2D eigenvalue weighted by atomic mass is 10.2. The van der Waals surface area contributed by atoms with E-state index in [0.717, 1.165) is 10.4 Å². The summed E-state index contributed by atoms with van der Waals surface area (Å²) >= 11 is 7.56. The Morgan fingerprint density at radius 2 is 2.10 bits per heavy atom. The summed E-state index contributed by atoms with van der Waals surface area (Å²) in [5, 5.41) is 5.13. The van der Waals surface area contributed by atoms with Crippen LogP contribution in [0.2, 0.25) is 5.02 Å². The van der Waals surface area contributed by atoms with Gasteiger partial charge in [0, 0.05) is 11.4 Å². The lowest BCUT2D eigenvalue weighted by Crippen LogP contribution is -2.26. The van der Waals surface area contributed by atoms with Crippen molar-refractivity contribution in [3.05, 3.63) is 51.2 Å². The van der Waals surface area contributed by atoms with Crippen molar-refractivity contribution < 1.29 is 8.42 Å². The Hall–Kier alpha value is -0.920. The zero-order valence-electron chi connectivity index (χ0n) is 11.8. The van der Waals surface area contributed by atoms with Crippen LogP contribution in [0.3, 0.4) is 0 Å². The molecule has 0 radical (unpaired) electrons. The summed E-state index contributed by atoms with van der Waals surface area (Å²) in [6, 6.07) is 8.52. The molecule has 0 aliphatic heterocycles.